The van der Waals surface area contributed by atoms with Crippen LogP contribution in [0.25, 0.3) is 0 Å². The molecular weight excluding hydrogens is 284 g/mol. The van der Waals surface area contributed by atoms with Gasteiger partial charge in [0, 0.05) is 19.9 Å². The first-order chi connectivity index (χ1) is 9.25. The van der Waals surface area contributed by atoms with Crippen LogP contribution in [-0.2, 0) is 26.0 Å². The summed E-state index contributed by atoms with van der Waals surface area (Å²) in [5.74, 6) is -0.385. The Balaban J connectivity index is 3.02. The number of esters is 1. The zero-order valence-corrected chi connectivity index (χ0v) is 12.6. The number of carbonyl (C=O) groups excluding carboxylic acids is 1. The van der Waals surface area contributed by atoms with Gasteiger partial charge in [-0.15, -0.1) is 0 Å². The summed E-state index contributed by atoms with van der Waals surface area (Å²) in [6.45, 7) is 4.75. The molecule has 0 saturated carbocycles. The Bertz CT molecular complexity index is 562. The number of nitrogens with zero attached hydrogens (tertiary/aromatic N) is 1. The van der Waals surface area contributed by atoms with Gasteiger partial charge in [0.2, 0.25) is 10.0 Å². The van der Waals surface area contributed by atoms with E-state index in [1.54, 1.807) is 0 Å². The summed E-state index contributed by atoms with van der Waals surface area (Å²) >= 11 is 0. The molecule has 0 radical (unpaired) electrons. The molecule has 0 spiro atoms. The van der Waals surface area contributed by atoms with Crippen LogP contribution in [-0.4, -0.2) is 39.3 Å². The van der Waals surface area contributed by atoms with Crippen molar-refractivity contribution in [1.82, 2.24) is 4.57 Å². The van der Waals surface area contributed by atoms with Crippen LogP contribution in [0.3, 0.4) is 0 Å². The minimum absolute atomic E-state index is 0.120. The van der Waals surface area contributed by atoms with Crippen LogP contribution in [0.4, 0.5) is 0 Å². The Morgan fingerprint density at radius 2 is 2.10 bits per heavy atom. The summed E-state index contributed by atoms with van der Waals surface area (Å²) in [5.41, 5.74) is 0.145. The zero-order valence-electron chi connectivity index (χ0n) is 11.8. The van der Waals surface area contributed by atoms with Crippen LogP contribution >= 0.6 is 0 Å². The van der Waals surface area contributed by atoms with Crippen molar-refractivity contribution in [2.24, 2.45) is 11.1 Å². The van der Waals surface area contributed by atoms with E-state index >= 15 is 0 Å². The monoisotopic (exact) mass is 304 g/mol. The van der Waals surface area contributed by atoms with E-state index in [-0.39, 0.29) is 23.1 Å². The Morgan fingerprint density at radius 1 is 1.45 bits per heavy atom. The maximum absolute atomic E-state index is 12.0. The predicted octanol–water partition coefficient (Wildman–Crippen LogP) is 0.595. The average molecular weight is 304 g/mol. The summed E-state index contributed by atoms with van der Waals surface area (Å²) in [6, 6.07) is 1.22. The zero-order chi connectivity index (χ0) is 15.3. The molecule has 0 aliphatic rings. The second-order valence-corrected chi connectivity index (χ2v) is 6.35. The van der Waals surface area contributed by atoms with Crippen LogP contribution in [0.1, 0.15) is 24.3 Å². The predicted molar refractivity (Wildman–Crippen MR) is 72.8 cm³/mol. The lowest BCUT2D eigenvalue weighted by molar-refractivity contribution is 0.0444. The van der Waals surface area contributed by atoms with Crippen LogP contribution in [0.5, 0.6) is 0 Å². The number of hydrogen-bond acceptors (Lipinski definition) is 5. The molecule has 1 aromatic heterocycles. The number of methoxy groups -OCH3 is 1. The van der Waals surface area contributed by atoms with Crippen molar-refractivity contribution in [3.63, 3.8) is 0 Å². The number of hydrogen-bond donors (Lipinski definition) is 1. The molecule has 1 rings (SSSR count). The van der Waals surface area contributed by atoms with Crippen LogP contribution in [0, 0.1) is 5.92 Å². The Hall–Kier alpha value is -1.38. The third-order valence-electron chi connectivity index (χ3n) is 2.49. The molecule has 1 aromatic rings. The van der Waals surface area contributed by atoms with Gasteiger partial charge in [-0.05, 0) is 12.0 Å². The molecule has 1 heterocycles. The molecule has 0 amide bonds. The number of rotatable bonds is 7. The highest BCUT2D eigenvalue weighted by Crippen LogP contribution is 2.15. The number of sulfonamides is 1. The van der Waals surface area contributed by atoms with Crippen molar-refractivity contribution in [3.05, 3.63) is 18.0 Å². The summed E-state index contributed by atoms with van der Waals surface area (Å²) in [4.78, 5) is 11.8. The van der Waals surface area contributed by atoms with E-state index in [2.05, 4.69) is 0 Å². The standard InChI is InChI=1S/C12H20N2O5S/c1-9(2)8-19-12(15)11-6-10(20(13,16)17)7-14(11)4-5-18-3/h6-7,9H,4-5,8H2,1-3H3,(H2,13,16,17). The van der Waals surface area contributed by atoms with Gasteiger partial charge in [0.15, 0.2) is 0 Å². The molecule has 7 nitrogen and oxygen atoms in total. The van der Waals surface area contributed by atoms with Crippen molar-refractivity contribution in [3.8, 4) is 0 Å². The first-order valence-electron chi connectivity index (χ1n) is 6.14. The molecule has 0 bridgehead atoms. The first kappa shape index (κ1) is 16.7. The molecule has 0 fully saturated rings. The molecule has 20 heavy (non-hydrogen) atoms. The lowest BCUT2D eigenvalue weighted by atomic mass is 10.2. The summed E-state index contributed by atoms with van der Waals surface area (Å²) in [6.07, 6.45) is 1.31. The topological polar surface area (TPSA) is 101 Å². The third-order valence-corrected chi connectivity index (χ3v) is 3.37. The molecule has 0 aliphatic heterocycles. The van der Waals surface area contributed by atoms with Crippen molar-refractivity contribution < 1.29 is 22.7 Å². The van der Waals surface area contributed by atoms with Gasteiger partial charge in [0.05, 0.1) is 13.2 Å². The van der Waals surface area contributed by atoms with Crippen LogP contribution < -0.4 is 5.14 Å². The van der Waals surface area contributed by atoms with E-state index < -0.39 is 16.0 Å². The van der Waals surface area contributed by atoms with Crippen LogP contribution in [0.15, 0.2) is 17.2 Å². The minimum atomic E-state index is -3.86. The quantitative estimate of drug-likeness (QED) is 0.743. The van der Waals surface area contributed by atoms with E-state index in [0.717, 1.165) is 0 Å². The van der Waals surface area contributed by atoms with Crippen molar-refractivity contribution >= 4 is 16.0 Å². The number of nitrogens with two attached hydrogens (primary N) is 1. The highest BCUT2D eigenvalue weighted by atomic mass is 32.2. The van der Waals surface area contributed by atoms with Gasteiger partial charge >= 0.3 is 5.97 Å². The lowest BCUT2D eigenvalue weighted by Gasteiger charge is -2.09. The average Bonchev–Trinajstić information content (AvgIpc) is 2.77. The normalized spacial score (nSPS) is 11.8. The van der Waals surface area contributed by atoms with Gasteiger partial charge in [0.1, 0.15) is 10.6 Å². The molecule has 0 aliphatic carbocycles. The van der Waals surface area contributed by atoms with E-state index in [1.807, 2.05) is 13.8 Å². The largest absolute Gasteiger partial charge is 0.461 e. The Morgan fingerprint density at radius 3 is 2.60 bits per heavy atom. The van der Waals surface area contributed by atoms with E-state index in [9.17, 15) is 13.2 Å². The molecule has 0 saturated heterocycles. The van der Waals surface area contributed by atoms with Gasteiger partial charge in [-0.2, -0.15) is 0 Å². The molecular formula is C12H20N2O5S. The summed E-state index contributed by atoms with van der Waals surface area (Å²) in [7, 11) is -2.35. The van der Waals surface area contributed by atoms with Gasteiger partial charge < -0.3 is 14.0 Å². The SMILES string of the molecule is COCCn1cc(S(N)(=O)=O)cc1C(=O)OCC(C)C. The fraction of sp³-hybridized carbons (Fsp3) is 0.583. The van der Waals surface area contributed by atoms with E-state index in [1.165, 1.54) is 23.9 Å². The van der Waals surface area contributed by atoms with Gasteiger partial charge in [0.25, 0.3) is 0 Å². The Kier molecular flexibility index (Phi) is 5.73. The molecule has 114 valence electrons. The fourth-order valence-electron chi connectivity index (χ4n) is 1.50. The van der Waals surface area contributed by atoms with Crippen molar-refractivity contribution in [2.45, 2.75) is 25.3 Å². The van der Waals surface area contributed by atoms with Crippen LogP contribution in [0.2, 0.25) is 0 Å². The number of aromatic nitrogens is 1. The summed E-state index contributed by atoms with van der Waals surface area (Å²) < 4.78 is 34.2. The molecule has 8 heteroatoms. The second kappa shape index (κ2) is 6.87. The summed E-state index contributed by atoms with van der Waals surface area (Å²) in [5, 5.41) is 5.07. The number of ether oxygens (including phenoxy) is 2. The number of carbonyl (C=O) groups is 1. The number of primary sulfonamides is 1. The first-order valence-corrected chi connectivity index (χ1v) is 7.69. The highest BCUT2D eigenvalue weighted by Gasteiger charge is 2.20. The van der Waals surface area contributed by atoms with Crippen molar-refractivity contribution in [2.75, 3.05) is 20.3 Å². The molecule has 0 unspecified atom stereocenters. The molecule has 0 atom stereocenters. The molecule has 2 N–H and O–H groups in total. The smallest absolute Gasteiger partial charge is 0.354 e. The fourth-order valence-corrected chi connectivity index (χ4v) is 2.05. The third kappa shape index (κ3) is 4.62. The minimum Gasteiger partial charge on any atom is -0.461 e. The van der Waals surface area contributed by atoms with Crippen molar-refractivity contribution in [1.29, 1.82) is 0 Å². The van der Waals surface area contributed by atoms with Gasteiger partial charge in [-0.25, -0.2) is 18.4 Å². The second-order valence-electron chi connectivity index (χ2n) is 4.78. The van der Waals surface area contributed by atoms with Gasteiger partial charge in [-0.1, -0.05) is 13.8 Å². The Labute approximate surface area is 118 Å². The maximum Gasteiger partial charge on any atom is 0.354 e. The molecule has 0 aromatic carbocycles. The van der Waals surface area contributed by atoms with Gasteiger partial charge in [-0.3, -0.25) is 0 Å². The van der Waals surface area contributed by atoms with E-state index in [4.69, 9.17) is 14.6 Å². The lowest BCUT2D eigenvalue weighted by Crippen LogP contribution is -2.16. The maximum atomic E-state index is 12.0. The highest BCUT2D eigenvalue weighted by molar-refractivity contribution is 7.89. The van der Waals surface area contributed by atoms with E-state index in [0.29, 0.717) is 13.2 Å².